The van der Waals surface area contributed by atoms with Gasteiger partial charge in [0.1, 0.15) is 0 Å². The molecule has 0 aliphatic carbocycles. The summed E-state index contributed by atoms with van der Waals surface area (Å²) >= 11 is 0. The van der Waals surface area contributed by atoms with E-state index in [4.69, 9.17) is 15.2 Å². The Bertz CT molecular complexity index is 331. The number of ether oxygens (including phenoxy) is 2. The molecule has 14 heavy (non-hydrogen) atoms. The first kappa shape index (κ1) is 10.5. The Kier molecular flexibility index (Phi) is 3.06. The molecule has 78 valence electrons. The van der Waals surface area contributed by atoms with Crippen LogP contribution >= 0.6 is 0 Å². The number of pyridine rings is 1. The van der Waals surface area contributed by atoms with Crippen LogP contribution in [0.15, 0.2) is 6.20 Å². The summed E-state index contributed by atoms with van der Waals surface area (Å²) in [6.07, 6.45) is -1.70. The highest BCUT2D eigenvalue weighted by atomic mass is 19.3. The summed E-state index contributed by atoms with van der Waals surface area (Å²) < 4.78 is 34.3. The number of nitrogens with zero attached hydrogens (tertiary/aromatic N) is 1. The van der Waals surface area contributed by atoms with Gasteiger partial charge in [-0.2, -0.15) is 0 Å². The molecular weight excluding hydrogens is 194 g/mol. The summed E-state index contributed by atoms with van der Waals surface area (Å²) in [6, 6.07) is 0. The summed E-state index contributed by atoms with van der Waals surface area (Å²) in [4.78, 5) is 3.64. The van der Waals surface area contributed by atoms with Gasteiger partial charge in [0.15, 0.2) is 0 Å². The van der Waals surface area contributed by atoms with Gasteiger partial charge in [-0.1, -0.05) is 0 Å². The zero-order chi connectivity index (χ0) is 10.7. The van der Waals surface area contributed by atoms with E-state index in [0.717, 1.165) is 6.20 Å². The first-order valence-electron chi connectivity index (χ1n) is 3.76. The summed E-state index contributed by atoms with van der Waals surface area (Å²) in [7, 11) is 2.66. The van der Waals surface area contributed by atoms with Crippen molar-refractivity contribution in [1.29, 1.82) is 0 Å². The van der Waals surface area contributed by atoms with Gasteiger partial charge in [0.2, 0.25) is 5.75 Å². The van der Waals surface area contributed by atoms with Crippen molar-refractivity contribution in [3.05, 3.63) is 11.8 Å². The van der Waals surface area contributed by atoms with Gasteiger partial charge in [0, 0.05) is 6.20 Å². The lowest BCUT2D eigenvalue weighted by atomic mass is 10.2. The van der Waals surface area contributed by atoms with Gasteiger partial charge in [-0.25, -0.2) is 13.8 Å². The minimum Gasteiger partial charge on any atom is -0.490 e. The minimum atomic E-state index is -2.68. The van der Waals surface area contributed by atoms with Gasteiger partial charge in [-0.3, -0.25) is 0 Å². The van der Waals surface area contributed by atoms with E-state index in [1.807, 2.05) is 0 Å². The average molecular weight is 204 g/mol. The van der Waals surface area contributed by atoms with Crippen molar-refractivity contribution in [2.75, 3.05) is 20.0 Å². The molecule has 0 fully saturated rings. The fraction of sp³-hybridized carbons (Fsp3) is 0.375. The maximum absolute atomic E-state index is 12.4. The third-order valence-electron chi connectivity index (χ3n) is 1.70. The topological polar surface area (TPSA) is 57.4 Å². The number of anilines is 1. The number of methoxy groups -OCH3 is 2. The van der Waals surface area contributed by atoms with Crippen molar-refractivity contribution in [2.24, 2.45) is 0 Å². The second kappa shape index (κ2) is 4.08. The van der Waals surface area contributed by atoms with Crippen LogP contribution in [-0.2, 0) is 0 Å². The first-order chi connectivity index (χ1) is 6.61. The number of halogens is 2. The van der Waals surface area contributed by atoms with Gasteiger partial charge in [0.25, 0.3) is 12.3 Å². The molecule has 1 aromatic heterocycles. The normalized spacial score (nSPS) is 10.4. The first-order valence-corrected chi connectivity index (χ1v) is 3.76. The maximum Gasteiger partial charge on any atom is 0.267 e. The van der Waals surface area contributed by atoms with Crippen LogP contribution in [-0.4, -0.2) is 19.2 Å². The molecule has 0 spiro atoms. The summed E-state index contributed by atoms with van der Waals surface area (Å²) in [6.45, 7) is 0. The Morgan fingerprint density at radius 2 is 2.00 bits per heavy atom. The van der Waals surface area contributed by atoms with E-state index in [9.17, 15) is 8.78 Å². The SMILES string of the molecule is COc1ncc(C(F)F)c(N)c1OC. The number of hydrogen-bond acceptors (Lipinski definition) is 4. The molecule has 0 amide bonds. The number of nitrogen functional groups attached to an aromatic ring is 1. The van der Waals surface area contributed by atoms with Gasteiger partial charge in [-0.05, 0) is 0 Å². The van der Waals surface area contributed by atoms with Crippen LogP contribution < -0.4 is 15.2 Å². The second-order valence-electron chi connectivity index (χ2n) is 2.47. The Hall–Kier alpha value is -1.59. The Morgan fingerprint density at radius 3 is 2.43 bits per heavy atom. The third kappa shape index (κ3) is 1.68. The minimum absolute atomic E-state index is 0.0327. The molecule has 0 bridgehead atoms. The lowest BCUT2D eigenvalue weighted by Crippen LogP contribution is -2.02. The van der Waals surface area contributed by atoms with Crippen molar-refractivity contribution < 1.29 is 18.3 Å². The predicted octanol–water partition coefficient (Wildman–Crippen LogP) is 1.62. The maximum atomic E-state index is 12.4. The quantitative estimate of drug-likeness (QED) is 0.812. The number of rotatable bonds is 3. The van der Waals surface area contributed by atoms with Gasteiger partial charge < -0.3 is 15.2 Å². The molecule has 2 N–H and O–H groups in total. The molecule has 0 aromatic carbocycles. The Morgan fingerprint density at radius 1 is 1.36 bits per heavy atom. The van der Waals surface area contributed by atoms with E-state index in [-0.39, 0.29) is 22.9 Å². The van der Waals surface area contributed by atoms with Gasteiger partial charge in [0.05, 0.1) is 25.5 Å². The summed E-state index contributed by atoms with van der Waals surface area (Å²) in [5, 5.41) is 0. The number of aromatic nitrogens is 1. The molecule has 1 rings (SSSR count). The van der Waals surface area contributed by atoms with E-state index in [2.05, 4.69) is 4.98 Å². The number of hydrogen-bond donors (Lipinski definition) is 1. The van der Waals surface area contributed by atoms with Crippen LogP contribution in [0.3, 0.4) is 0 Å². The van der Waals surface area contributed by atoms with Crippen LogP contribution in [0.1, 0.15) is 12.0 Å². The van der Waals surface area contributed by atoms with Crippen LogP contribution in [0.5, 0.6) is 11.6 Å². The Balaban J connectivity index is 3.27. The molecular formula is C8H10F2N2O2. The van der Waals surface area contributed by atoms with E-state index in [1.54, 1.807) is 0 Å². The molecule has 0 aliphatic rings. The number of alkyl halides is 2. The molecule has 4 nitrogen and oxygen atoms in total. The van der Waals surface area contributed by atoms with Crippen molar-refractivity contribution in [2.45, 2.75) is 6.43 Å². The molecule has 0 atom stereocenters. The lowest BCUT2D eigenvalue weighted by molar-refractivity contribution is 0.151. The summed E-state index contributed by atoms with van der Waals surface area (Å²) in [5.74, 6) is 0.125. The third-order valence-corrected chi connectivity index (χ3v) is 1.70. The molecule has 1 aromatic rings. The van der Waals surface area contributed by atoms with Crippen molar-refractivity contribution >= 4 is 5.69 Å². The highest BCUT2D eigenvalue weighted by molar-refractivity contribution is 5.62. The monoisotopic (exact) mass is 204 g/mol. The smallest absolute Gasteiger partial charge is 0.267 e. The molecule has 0 saturated heterocycles. The average Bonchev–Trinajstić information content (AvgIpc) is 2.16. The van der Waals surface area contributed by atoms with Crippen molar-refractivity contribution in [1.82, 2.24) is 4.98 Å². The molecule has 1 heterocycles. The van der Waals surface area contributed by atoms with Crippen LogP contribution in [0.2, 0.25) is 0 Å². The summed E-state index contributed by atoms with van der Waals surface area (Å²) in [5.41, 5.74) is 4.94. The van der Waals surface area contributed by atoms with Crippen molar-refractivity contribution in [3.63, 3.8) is 0 Å². The fourth-order valence-corrected chi connectivity index (χ4v) is 1.02. The number of nitrogens with two attached hydrogens (primary N) is 1. The lowest BCUT2D eigenvalue weighted by Gasteiger charge is -2.11. The van der Waals surface area contributed by atoms with Gasteiger partial charge >= 0.3 is 0 Å². The van der Waals surface area contributed by atoms with E-state index < -0.39 is 6.43 Å². The largest absolute Gasteiger partial charge is 0.490 e. The second-order valence-corrected chi connectivity index (χ2v) is 2.47. The molecule has 0 saturated carbocycles. The van der Waals surface area contributed by atoms with Crippen LogP contribution in [0.25, 0.3) is 0 Å². The van der Waals surface area contributed by atoms with E-state index in [1.165, 1.54) is 14.2 Å². The molecule has 0 unspecified atom stereocenters. The van der Waals surface area contributed by atoms with Crippen LogP contribution in [0, 0.1) is 0 Å². The van der Waals surface area contributed by atoms with Crippen LogP contribution in [0.4, 0.5) is 14.5 Å². The Labute approximate surface area is 79.6 Å². The predicted molar refractivity (Wildman–Crippen MR) is 46.7 cm³/mol. The highest BCUT2D eigenvalue weighted by Crippen LogP contribution is 2.37. The fourth-order valence-electron chi connectivity index (χ4n) is 1.02. The zero-order valence-corrected chi connectivity index (χ0v) is 7.75. The van der Waals surface area contributed by atoms with Crippen molar-refractivity contribution in [3.8, 4) is 11.6 Å². The van der Waals surface area contributed by atoms with E-state index in [0.29, 0.717) is 0 Å². The molecule has 6 heteroatoms. The standard InChI is InChI=1S/C8H10F2N2O2/c1-13-6-5(11)4(7(9)10)3-12-8(6)14-2/h3,7H,1-2H3,(H2,11,12). The molecule has 0 aliphatic heterocycles. The van der Waals surface area contributed by atoms with E-state index >= 15 is 0 Å². The molecule has 0 radical (unpaired) electrons. The zero-order valence-electron chi connectivity index (χ0n) is 7.75. The highest BCUT2D eigenvalue weighted by Gasteiger charge is 2.19. The van der Waals surface area contributed by atoms with Gasteiger partial charge in [-0.15, -0.1) is 0 Å².